The summed E-state index contributed by atoms with van der Waals surface area (Å²) in [5, 5.41) is 0. The maximum atomic E-state index is 12.2. The topological polar surface area (TPSA) is 87.7 Å². The van der Waals surface area contributed by atoms with Gasteiger partial charge in [0.15, 0.2) is 5.65 Å². The number of aromatic amines is 1. The second-order valence-corrected chi connectivity index (χ2v) is 6.57. The summed E-state index contributed by atoms with van der Waals surface area (Å²) in [6, 6.07) is 9.07. The summed E-state index contributed by atoms with van der Waals surface area (Å²) < 4.78 is 26.9. The molecule has 2 heterocycles. The van der Waals surface area contributed by atoms with Gasteiger partial charge in [-0.2, -0.15) is 0 Å². The third-order valence-electron chi connectivity index (χ3n) is 3.02. The smallest absolute Gasteiger partial charge is 0.236 e. The Labute approximate surface area is 122 Å². The number of aryl methyl sites for hydroxylation is 1. The van der Waals surface area contributed by atoms with E-state index in [1.165, 1.54) is 12.5 Å². The fraction of sp³-hybridized carbons (Fsp3) is 0.143. The van der Waals surface area contributed by atoms with Gasteiger partial charge in [-0.3, -0.25) is 4.72 Å². The van der Waals surface area contributed by atoms with Crippen LogP contribution in [0, 0.1) is 6.92 Å². The number of sulfonamides is 1. The number of pyridine rings is 1. The highest BCUT2D eigenvalue weighted by atomic mass is 32.2. The molecule has 0 aliphatic rings. The Morgan fingerprint density at radius 3 is 2.71 bits per heavy atom. The Balaban J connectivity index is 1.80. The summed E-state index contributed by atoms with van der Waals surface area (Å²) in [6.07, 6.45) is 2.97. The zero-order valence-electron chi connectivity index (χ0n) is 11.4. The van der Waals surface area contributed by atoms with Crippen molar-refractivity contribution in [2.24, 2.45) is 0 Å². The van der Waals surface area contributed by atoms with Crippen molar-refractivity contribution in [3.8, 4) is 0 Å². The monoisotopic (exact) mass is 302 g/mol. The van der Waals surface area contributed by atoms with E-state index >= 15 is 0 Å². The molecule has 0 atom stereocenters. The number of rotatable bonds is 4. The second-order valence-electron chi connectivity index (χ2n) is 4.84. The molecule has 1 aromatic carbocycles. The average Bonchev–Trinajstić information content (AvgIpc) is 2.88. The van der Waals surface area contributed by atoms with Crippen LogP contribution in [0.4, 0.5) is 5.69 Å². The standard InChI is InChI=1S/C14H14N4O2S/c1-10-2-4-11(5-3-10)8-21(19,20)18-12-6-13-14(15-7-12)17-9-16-13/h2-7,9,18H,8H2,1H3,(H,15,16,17). The first kappa shape index (κ1) is 13.6. The van der Waals surface area contributed by atoms with E-state index in [2.05, 4.69) is 19.7 Å². The predicted molar refractivity (Wildman–Crippen MR) is 81.3 cm³/mol. The van der Waals surface area contributed by atoms with E-state index < -0.39 is 10.0 Å². The third-order valence-corrected chi connectivity index (χ3v) is 4.28. The molecule has 0 radical (unpaired) electrons. The van der Waals surface area contributed by atoms with Gasteiger partial charge < -0.3 is 4.98 Å². The highest BCUT2D eigenvalue weighted by Gasteiger charge is 2.12. The third kappa shape index (κ3) is 3.19. The lowest BCUT2D eigenvalue weighted by Gasteiger charge is -2.08. The summed E-state index contributed by atoms with van der Waals surface area (Å²) >= 11 is 0. The normalized spacial score (nSPS) is 11.7. The number of H-pyrrole nitrogens is 1. The molecule has 6 nitrogen and oxygen atoms in total. The van der Waals surface area contributed by atoms with E-state index in [1.807, 2.05) is 31.2 Å². The SMILES string of the molecule is Cc1ccc(CS(=O)(=O)Nc2cnc3nc[nH]c3c2)cc1. The number of nitrogens with zero attached hydrogens (tertiary/aromatic N) is 2. The molecule has 3 rings (SSSR count). The van der Waals surface area contributed by atoms with Crippen LogP contribution in [-0.2, 0) is 15.8 Å². The van der Waals surface area contributed by atoms with Gasteiger partial charge in [0.2, 0.25) is 10.0 Å². The number of benzene rings is 1. The van der Waals surface area contributed by atoms with E-state index in [9.17, 15) is 8.42 Å². The number of imidazole rings is 1. The summed E-state index contributed by atoms with van der Waals surface area (Å²) in [5.74, 6) is -0.0751. The molecule has 2 N–H and O–H groups in total. The fourth-order valence-electron chi connectivity index (χ4n) is 2.00. The zero-order chi connectivity index (χ0) is 14.9. The molecule has 2 aromatic heterocycles. The summed E-state index contributed by atoms with van der Waals surface area (Å²) in [4.78, 5) is 11.0. The lowest BCUT2D eigenvalue weighted by atomic mass is 10.2. The summed E-state index contributed by atoms with van der Waals surface area (Å²) in [6.45, 7) is 1.96. The molecule has 0 saturated carbocycles. The molecular formula is C14H14N4O2S. The number of nitrogens with one attached hydrogen (secondary N) is 2. The number of hydrogen-bond donors (Lipinski definition) is 2. The van der Waals surface area contributed by atoms with Gasteiger partial charge in [-0.1, -0.05) is 29.8 Å². The molecule has 3 aromatic rings. The number of anilines is 1. The van der Waals surface area contributed by atoms with Crippen molar-refractivity contribution in [3.63, 3.8) is 0 Å². The Hall–Kier alpha value is -2.41. The largest absolute Gasteiger partial charge is 0.343 e. The predicted octanol–water partition coefficient (Wildman–Crippen LogP) is 2.21. The minimum atomic E-state index is -3.48. The Kier molecular flexibility index (Phi) is 3.34. The molecule has 0 aliphatic carbocycles. The fourth-order valence-corrected chi connectivity index (χ4v) is 3.18. The average molecular weight is 302 g/mol. The van der Waals surface area contributed by atoms with Gasteiger partial charge in [0.1, 0.15) is 0 Å². The maximum Gasteiger partial charge on any atom is 0.236 e. The molecule has 0 unspecified atom stereocenters. The molecule has 7 heteroatoms. The van der Waals surface area contributed by atoms with Crippen LogP contribution < -0.4 is 4.72 Å². The van der Waals surface area contributed by atoms with Gasteiger partial charge in [0, 0.05) is 0 Å². The molecule has 0 aliphatic heterocycles. The molecule has 0 fully saturated rings. The number of aromatic nitrogens is 3. The van der Waals surface area contributed by atoms with Crippen molar-refractivity contribution in [2.45, 2.75) is 12.7 Å². The minimum absolute atomic E-state index is 0.0751. The highest BCUT2D eigenvalue weighted by molar-refractivity contribution is 7.91. The van der Waals surface area contributed by atoms with Crippen LogP contribution in [0.3, 0.4) is 0 Å². The van der Waals surface area contributed by atoms with E-state index in [0.717, 1.165) is 11.1 Å². The lowest BCUT2D eigenvalue weighted by Crippen LogP contribution is -2.15. The van der Waals surface area contributed by atoms with Gasteiger partial charge >= 0.3 is 0 Å². The molecule has 0 bridgehead atoms. The Morgan fingerprint density at radius 1 is 1.19 bits per heavy atom. The van der Waals surface area contributed by atoms with Crippen molar-refractivity contribution < 1.29 is 8.42 Å². The second kappa shape index (κ2) is 5.17. The van der Waals surface area contributed by atoms with Crippen LogP contribution in [0.1, 0.15) is 11.1 Å². The van der Waals surface area contributed by atoms with Gasteiger partial charge in [0.25, 0.3) is 0 Å². The van der Waals surface area contributed by atoms with Gasteiger partial charge in [-0.25, -0.2) is 18.4 Å². The maximum absolute atomic E-state index is 12.2. The molecule has 108 valence electrons. The van der Waals surface area contributed by atoms with E-state index in [-0.39, 0.29) is 5.75 Å². The Morgan fingerprint density at radius 2 is 1.95 bits per heavy atom. The molecule has 0 amide bonds. The van der Waals surface area contributed by atoms with Crippen LogP contribution in [0.5, 0.6) is 0 Å². The first-order valence-electron chi connectivity index (χ1n) is 6.37. The lowest BCUT2D eigenvalue weighted by molar-refractivity contribution is 0.600. The quantitative estimate of drug-likeness (QED) is 0.773. The molecule has 21 heavy (non-hydrogen) atoms. The number of hydrogen-bond acceptors (Lipinski definition) is 4. The van der Waals surface area contributed by atoms with Crippen molar-refractivity contribution >= 4 is 26.9 Å². The van der Waals surface area contributed by atoms with Crippen LogP contribution in [0.15, 0.2) is 42.9 Å². The molecule has 0 saturated heterocycles. The van der Waals surface area contributed by atoms with Gasteiger partial charge in [0.05, 0.1) is 29.5 Å². The molecular weight excluding hydrogens is 288 g/mol. The van der Waals surface area contributed by atoms with E-state index in [0.29, 0.717) is 16.9 Å². The highest BCUT2D eigenvalue weighted by Crippen LogP contribution is 2.16. The van der Waals surface area contributed by atoms with Crippen LogP contribution >= 0.6 is 0 Å². The van der Waals surface area contributed by atoms with Gasteiger partial charge in [-0.15, -0.1) is 0 Å². The van der Waals surface area contributed by atoms with Gasteiger partial charge in [-0.05, 0) is 18.6 Å². The minimum Gasteiger partial charge on any atom is -0.343 e. The number of fused-ring (bicyclic) bond motifs is 1. The van der Waals surface area contributed by atoms with Crippen molar-refractivity contribution in [1.82, 2.24) is 15.0 Å². The van der Waals surface area contributed by atoms with E-state index in [4.69, 9.17) is 0 Å². The summed E-state index contributed by atoms with van der Waals surface area (Å²) in [7, 11) is -3.48. The van der Waals surface area contributed by atoms with Crippen molar-refractivity contribution in [2.75, 3.05) is 4.72 Å². The first-order chi connectivity index (χ1) is 10.0. The van der Waals surface area contributed by atoms with Crippen LogP contribution in [-0.4, -0.2) is 23.4 Å². The molecule has 0 spiro atoms. The Bertz CT molecular complexity index is 869. The van der Waals surface area contributed by atoms with Crippen LogP contribution in [0.2, 0.25) is 0 Å². The zero-order valence-corrected chi connectivity index (χ0v) is 12.2. The van der Waals surface area contributed by atoms with Crippen LogP contribution in [0.25, 0.3) is 11.2 Å². The summed E-state index contributed by atoms with van der Waals surface area (Å²) in [5.41, 5.74) is 3.49. The van der Waals surface area contributed by atoms with E-state index in [1.54, 1.807) is 6.07 Å². The van der Waals surface area contributed by atoms with Crippen molar-refractivity contribution in [3.05, 3.63) is 54.0 Å². The first-order valence-corrected chi connectivity index (χ1v) is 8.02. The van der Waals surface area contributed by atoms with Crippen molar-refractivity contribution in [1.29, 1.82) is 0 Å².